The van der Waals surface area contributed by atoms with E-state index in [9.17, 15) is 30.0 Å². The second-order valence-corrected chi connectivity index (χ2v) is 18.7. The monoisotopic (exact) mass is 874 g/mol. The van der Waals surface area contributed by atoms with Crippen LogP contribution in [0.3, 0.4) is 0 Å². The summed E-state index contributed by atoms with van der Waals surface area (Å²) in [6, 6.07) is 15.3. The molecule has 8 atom stereocenters. The standard InChI is InChI=1S/C54H71N3O7/c1-36-15-10-20-40(22-12-21-39-17-6-5-7-18-39)19-8-9-32-64-35-42(24-11-16-36)44-28-30-54(50(44)61)46(26-14-31-58)43(27-29-53(54,4)63)38(3)47(60)33-41-23-13-25-45-48(41)49(56-34-37(2)59)52(62)57-51(45)55/h5-7,11,13,16-18,20,23-25,37,44,46,49-51,56,58-59,61,63H,1,10,12,14-15,19,21-22,26-35,55H2,2-4H3,(H,57,62)/b16-11+,40-20-,42-24-,43-38+/t37-,44+,46+,49-,50+,51-,53+,54+/m0/s1. The van der Waals surface area contributed by atoms with Crippen molar-refractivity contribution in [1.82, 2.24) is 10.6 Å². The fourth-order valence-electron chi connectivity index (χ4n) is 10.9. The van der Waals surface area contributed by atoms with Crippen LogP contribution >= 0.6 is 0 Å². The summed E-state index contributed by atoms with van der Waals surface area (Å²) >= 11 is 0. The molecule has 0 aromatic heterocycles. The maximum Gasteiger partial charge on any atom is 0.243 e. The molecular formula is C54H71N3O7. The number of hydrogen-bond acceptors (Lipinski definition) is 9. The van der Waals surface area contributed by atoms with Gasteiger partial charge < -0.3 is 36.2 Å². The fourth-order valence-corrected chi connectivity index (χ4v) is 10.9. The molecule has 8 N–H and O–H groups in total. The number of carbonyl (C=O) groups excluding carboxylic acids is 2. The molecule has 2 aliphatic carbocycles. The molecule has 0 saturated heterocycles. The first-order valence-corrected chi connectivity index (χ1v) is 23.4. The highest BCUT2D eigenvalue weighted by Crippen LogP contribution is 2.63. The number of ketones is 1. The Hall–Kier alpha value is -4.44. The Morgan fingerprint density at radius 1 is 1.09 bits per heavy atom. The summed E-state index contributed by atoms with van der Waals surface area (Å²) in [5.41, 5.74) is 12.2. The summed E-state index contributed by atoms with van der Waals surface area (Å²) in [4.78, 5) is 27.7. The molecule has 64 heavy (non-hydrogen) atoms. The maximum atomic E-state index is 14.5. The number of aliphatic hydroxyl groups is 4. The normalized spacial score (nSPS) is 31.2. The lowest BCUT2D eigenvalue weighted by molar-refractivity contribution is -0.167. The molecule has 10 heteroatoms. The molecule has 0 unspecified atom stereocenters. The Morgan fingerprint density at radius 2 is 1.89 bits per heavy atom. The van der Waals surface area contributed by atoms with E-state index in [2.05, 4.69) is 59.4 Å². The van der Waals surface area contributed by atoms with Crippen molar-refractivity contribution in [1.29, 1.82) is 0 Å². The van der Waals surface area contributed by atoms with Gasteiger partial charge in [0.2, 0.25) is 5.91 Å². The molecule has 2 saturated carbocycles. The van der Waals surface area contributed by atoms with Gasteiger partial charge in [0.1, 0.15) is 18.8 Å². The van der Waals surface area contributed by atoms with Gasteiger partial charge in [0, 0.05) is 37.3 Å². The highest BCUT2D eigenvalue weighted by atomic mass is 16.5. The fraction of sp³-hybridized carbons (Fsp3) is 0.519. The number of aliphatic hydroxyl groups excluding tert-OH is 3. The molecular weight excluding hydrogens is 803 g/mol. The molecule has 0 bridgehead atoms. The topological polar surface area (TPSA) is 174 Å². The molecule has 2 heterocycles. The summed E-state index contributed by atoms with van der Waals surface area (Å²) in [5, 5.41) is 51.3. The second-order valence-electron chi connectivity index (χ2n) is 18.7. The van der Waals surface area contributed by atoms with Crippen molar-refractivity contribution in [2.75, 3.05) is 26.4 Å². The van der Waals surface area contributed by atoms with Crippen molar-refractivity contribution in [2.45, 2.75) is 134 Å². The second kappa shape index (κ2) is 22.6. The Morgan fingerprint density at radius 3 is 2.66 bits per heavy atom. The van der Waals surface area contributed by atoms with Crippen molar-refractivity contribution >= 4 is 11.7 Å². The largest absolute Gasteiger partial charge is 0.396 e. The van der Waals surface area contributed by atoms with E-state index in [4.69, 9.17) is 10.5 Å². The van der Waals surface area contributed by atoms with Gasteiger partial charge in [0.05, 0.1) is 24.4 Å². The molecule has 4 aliphatic rings. The van der Waals surface area contributed by atoms with E-state index in [0.717, 1.165) is 48.8 Å². The van der Waals surface area contributed by atoms with Crippen LogP contribution in [0.4, 0.5) is 0 Å². The van der Waals surface area contributed by atoms with E-state index >= 15 is 0 Å². The zero-order valence-electron chi connectivity index (χ0n) is 38.2. The third kappa shape index (κ3) is 11.5. The summed E-state index contributed by atoms with van der Waals surface area (Å²) in [6.07, 6.45) is 14.3. The van der Waals surface area contributed by atoms with E-state index in [-0.39, 0.29) is 56.3 Å². The first-order valence-electron chi connectivity index (χ1n) is 23.4. The van der Waals surface area contributed by atoms with Crippen LogP contribution in [0, 0.1) is 29.1 Å². The predicted molar refractivity (Wildman–Crippen MR) is 252 cm³/mol. The van der Waals surface area contributed by atoms with E-state index in [0.29, 0.717) is 67.2 Å². The molecule has 2 aromatic carbocycles. The van der Waals surface area contributed by atoms with E-state index < -0.39 is 35.4 Å². The predicted octanol–water partition coefficient (Wildman–Crippen LogP) is 7.10. The van der Waals surface area contributed by atoms with Crippen molar-refractivity contribution in [3.8, 4) is 11.8 Å². The lowest BCUT2D eigenvalue weighted by Crippen LogP contribution is -2.59. The van der Waals surface area contributed by atoms with Gasteiger partial charge in [-0.3, -0.25) is 14.9 Å². The first kappa shape index (κ1) is 49.0. The molecule has 2 fully saturated rings. The van der Waals surface area contributed by atoms with Crippen molar-refractivity contribution < 1.29 is 34.8 Å². The Kier molecular flexibility index (Phi) is 17.3. The van der Waals surface area contributed by atoms with Crippen molar-refractivity contribution in [3.63, 3.8) is 0 Å². The minimum Gasteiger partial charge on any atom is -0.396 e. The number of nitrogens with two attached hydrogens (primary N) is 1. The SMILES string of the molecule is C=C1/C=C/C=C(\[C@H]2CC[C@@]3([C@H](CCCO)/C(=C(\C)C(=O)Cc4cccc5c4[C@H](NC[C@H](C)O)C(=O)N[C@@H]5N)CC[C@@]3(C)O)[C@@H]2O)COCC#CC/C(CCCc2ccccc2)=C/CC1. The molecule has 6 rings (SSSR count). The number of nitrogens with one attached hydrogen (secondary N) is 2. The van der Waals surface area contributed by atoms with Crippen LogP contribution in [0.2, 0.25) is 0 Å². The zero-order valence-corrected chi connectivity index (χ0v) is 38.2. The number of aryl methyl sites for hydroxylation is 1. The van der Waals surface area contributed by atoms with Crippen LogP contribution < -0.4 is 16.4 Å². The quantitative estimate of drug-likeness (QED) is 0.0594. The van der Waals surface area contributed by atoms with Gasteiger partial charge in [-0.25, -0.2) is 0 Å². The van der Waals surface area contributed by atoms with Crippen molar-refractivity contribution in [2.24, 2.45) is 23.0 Å². The lowest BCUT2D eigenvalue weighted by atomic mass is 9.52. The molecule has 344 valence electrons. The number of ether oxygens (including phenoxy) is 1. The van der Waals surface area contributed by atoms with E-state index in [1.807, 2.05) is 56.3 Å². The smallest absolute Gasteiger partial charge is 0.243 e. The third-order valence-corrected chi connectivity index (χ3v) is 14.3. The van der Waals surface area contributed by atoms with Gasteiger partial charge in [-0.1, -0.05) is 108 Å². The first-order chi connectivity index (χ1) is 30.8. The Labute approximate surface area is 380 Å². The minimum absolute atomic E-state index is 0.0169. The number of fused-ring (bicyclic) bond motifs is 1. The van der Waals surface area contributed by atoms with Gasteiger partial charge in [-0.2, -0.15) is 0 Å². The molecule has 0 radical (unpaired) electrons. The number of rotatable bonds is 14. The van der Waals surface area contributed by atoms with Gasteiger partial charge in [-0.05, 0) is 131 Å². The minimum atomic E-state index is -1.26. The lowest BCUT2D eigenvalue weighted by Gasteiger charge is -2.55. The zero-order chi connectivity index (χ0) is 45.9. The van der Waals surface area contributed by atoms with Crippen LogP contribution in [0.15, 0.2) is 107 Å². The summed E-state index contributed by atoms with van der Waals surface area (Å²) in [7, 11) is 0. The summed E-state index contributed by atoms with van der Waals surface area (Å²) in [6.45, 7) is 10.3. The van der Waals surface area contributed by atoms with Crippen LogP contribution in [-0.4, -0.2) is 76.3 Å². The van der Waals surface area contributed by atoms with Gasteiger partial charge in [-0.15, -0.1) is 0 Å². The highest BCUT2D eigenvalue weighted by molar-refractivity contribution is 5.98. The summed E-state index contributed by atoms with van der Waals surface area (Å²) < 4.78 is 6.21. The van der Waals surface area contributed by atoms with Crippen LogP contribution in [0.5, 0.6) is 0 Å². The number of benzene rings is 2. The number of Topliss-reactive ketones (excluding diaryl/α,β-unsaturated/α-hetero) is 1. The Bertz CT molecular complexity index is 2160. The van der Waals surface area contributed by atoms with Gasteiger partial charge in [0.15, 0.2) is 5.78 Å². The van der Waals surface area contributed by atoms with Gasteiger partial charge >= 0.3 is 0 Å². The maximum absolute atomic E-state index is 14.5. The van der Waals surface area contributed by atoms with Gasteiger partial charge in [0.25, 0.3) is 0 Å². The number of hydrogen-bond donors (Lipinski definition) is 7. The Balaban J connectivity index is 1.23. The van der Waals surface area contributed by atoms with Crippen LogP contribution in [0.25, 0.3) is 0 Å². The third-order valence-electron chi connectivity index (χ3n) is 14.3. The highest BCUT2D eigenvalue weighted by Gasteiger charge is 2.64. The average molecular weight is 874 g/mol. The summed E-state index contributed by atoms with van der Waals surface area (Å²) in [5.74, 6) is 5.42. The molecule has 1 amide bonds. The van der Waals surface area contributed by atoms with E-state index in [1.165, 1.54) is 11.1 Å². The molecule has 2 aromatic rings. The van der Waals surface area contributed by atoms with E-state index in [1.54, 1.807) is 6.92 Å². The number of carbonyl (C=O) groups is 2. The number of allylic oxidation sites excluding steroid dienone is 8. The molecule has 2 aliphatic heterocycles. The van der Waals surface area contributed by atoms with Crippen molar-refractivity contribution in [3.05, 3.63) is 130 Å². The molecule has 1 spiro atoms. The van der Waals surface area contributed by atoms with Crippen LogP contribution in [-0.2, 0) is 27.2 Å². The van der Waals surface area contributed by atoms with Crippen LogP contribution in [0.1, 0.15) is 126 Å². The average Bonchev–Trinajstić information content (AvgIpc) is 3.61. The number of amides is 1. The molecule has 10 nitrogen and oxygen atoms in total.